The van der Waals surface area contributed by atoms with Crippen LogP contribution in [0.15, 0.2) is 40.2 Å². The lowest BCUT2D eigenvalue weighted by molar-refractivity contribution is -0.274. The van der Waals surface area contributed by atoms with Crippen molar-refractivity contribution < 1.29 is 17.9 Å². The van der Waals surface area contributed by atoms with Gasteiger partial charge in [0.2, 0.25) is 0 Å². The molecular weight excluding hydrogens is 441 g/mol. The lowest BCUT2D eigenvalue weighted by atomic mass is 10.0. The van der Waals surface area contributed by atoms with E-state index in [9.17, 15) is 13.2 Å². The molecule has 25 heavy (non-hydrogen) atoms. The fourth-order valence-electron chi connectivity index (χ4n) is 2.88. The Balaban J connectivity index is 0.00000225. The molecule has 1 N–H and O–H groups in total. The summed E-state index contributed by atoms with van der Waals surface area (Å²) in [7, 11) is 0. The van der Waals surface area contributed by atoms with Crippen LogP contribution in [0.25, 0.3) is 0 Å². The summed E-state index contributed by atoms with van der Waals surface area (Å²) in [6.45, 7) is 3.40. The van der Waals surface area contributed by atoms with E-state index in [4.69, 9.17) is 0 Å². The molecule has 138 valence electrons. The van der Waals surface area contributed by atoms with Crippen LogP contribution in [-0.4, -0.2) is 37.4 Å². The molecular formula is C16H17BrClF3N2OS. The maximum atomic E-state index is 12.6. The standard InChI is InChI=1S/C16H16BrF3N2OS.ClH/c17-12-8-11(9-13(10-12)23-16(18,19)20)15(14-2-1-7-24-14)22-5-3-21-4-6-22;/h1-2,7-10,15,21H,3-6H2;1H/t15-;/m0./s1. The normalized spacial score (nSPS) is 17.0. The highest BCUT2D eigenvalue weighted by atomic mass is 79.9. The smallest absolute Gasteiger partial charge is 0.406 e. The van der Waals surface area contributed by atoms with Gasteiger partial charge in [0, 0.05) is 35.5 Å². The van der Waals surface area contributed by atoms with Gasteiger partial charge in [-0.15, -0.1) is 36.9 Å². The highest BCUT2D eigenvalue weighted by Gasteiger charge is 2.32. The minimum absolute atomic E-state index is 0. The number of piperazine rings is 1. The maximum Gasteiger partial charge on any atom is 0.573 e. The van der Waals surface area contributed by atoms with Gasteiger partial charge in [-0.3, -0.25) is 4.90 Å². The predicted octanol–water partition coefficient (Wildman–Crippen LogP) is 4.83. The molecule has 1 aromatic heterocycles. The van der Waals surface area contributed by atoms with E-state index in [0.29, 0.717) is 4.47 Å². The van der Waals surface area contributed by atoms with Crippen molar-refractivity contribution >= 4 is 39.7 Å². The molecule has 2 heterocycles. The van der Waals surface area contributed by atoms with E-state index in [1.807, 2.05) is 23.6 Å². The van der Waals surface area contributed by atoms with Crippen molar-refractivity contribution in [2.45, 2.75) is 12.4 Å². The van der Waals surface area contributed by atoms with Crippen LogP contribution in [0.3, 0.4) is 0 Å². The summed E-state index contributed by atoms with van der Waals surface area (Å²) in [4.78, 5) is 3.38. The van der Waals surface area contributed by atoms with E-state index >= 15 is 0 Å². The van der Waals surface area contributed by atoms with E-state index in [2.05, 4.69) is 30.9 Å². The minimum atomic E-state index is -4.70. The Kier molecular flexibility index (Phi) is 7.16. The monoisotopic (exact) mass is 456 g/mol. The first kappa shape index (κ1) is 20.5. The second-order valence-corrected chi connectivity index (χ2v) is 7.37. The number of hydrogen-bond acceptors (Lipinski definition) is 4. The maximum absolute atomic E-state index is 12.6. The van der Waals surface area contributed by atoms with Crippen molar-refractivity contribution in [2.24, 2.45) is 0 Å². The molecule has 0 aliphatic carbocycles. The molecule has 0 spiro atoms. The Morgan fingerprint density at radius 2 is 1.92 bits per heavy atom. The van der Waals surface area contributed by atoms with Gasteiger partial charge in [-0.2, -0.15) is 0 Å². The van der Waals surface area contributed by atoms with Crippen molar-refractivity contribution in [2.75, 3.05) is 26.2 Å². The molecule has 1 fully saturated rings. The molecule has 0 unspecified atom stereocenters. The van der Waals surface area contributed by atoms with E-state index in [-0.39, 0.29) is 24.2 Å². The summed E-state index contributed by atoms with van der Waals surface area (Å²) in [6, 6.07) is 8.56. The Bertz CT molecular complexity index is 679. The SMILES string of the molecule is Cl.FC(F)(F)Oc1cc(Br)cc([C@@H](c2cccs2)N2CCNCC2)c1. The Hall–Kier alpha value is -0.800. The number of halogens is 5. The first-order chi connectivity index (χ1) is 11.4. The molecule has 1 aliphatic heterocycles. The molecule has 3 rings (SSSR count). The molecule has 1 saturated heterocycles. The molecule has 1 atom stereocenters. The van der Waals surface area contributed by atoms with Gasteiger partial charge in [-0.05, 0) is 35.2 Å². The molecule has 0 amide bonds. The molecule has 0 bridgehead atoms. The average Bonchev–Trinajstić information content (AvgIpc) is 3.00. The van der Waals surface area contributed by atoms with Gasteiger partial charge in [-0.1, -0.05) is 22.0 Å². The van der Waals surface area contributed by atoms with Crippen LogP contribution < -0.4 is 10.1 Å². The van der Waals surface area contributed by atoms with Crippen LogP contribution in [-0.2, 0) is 0 Å². The van der Waals surface area contributed by atoms with Crippen molar-refractivity contribution in [1.29, 1.82) is 0 Å². The molecule has 1 aliphatic rings. The summed E-state index contributed by atoms with van der Waals surface area (Å²) in [6.07, 6.45) is -4.70. The number of nitrogens with zero attached hydrogens (tertiary/aromatic N) is 1. The lowest BCUT2D eigenvalue weighted by Gasteiger charge is -2.35. The van der Waals surface area contributed by atoms with Crippen LogP contribution >= 0.6 is 39.7 Å². The third-order valence-electron chi connectivity index (χ3n) is 3.77. The topological polar surface area (TPSA) is 24.5 Å². The number of thiophene rings is 1. The Morgan fingerprint density at radius 1 is 1.20 bits per heavy atom. The van der Waals surface area contributed by atoms with Gasteiger partial charge in [0.15, 0.2) is 0 Å². The zero-order chi connectivity index (χ0) is 17.2. The third-order valence-corrected chi connectivity index (χ3v) is 5.15. The van der Waals surface area contributed by atoms with Crippen LogP contribution in [0.4, 0.5) is 13.2 Å². The van der Waals surface area contributed by atoms with Crippen LogP contribution in [0.2, 0.25) is 0 Å². The zero-order valence-electron chi connectivity index (χ0n) is 13.1. The van der Waals surface area contributed by atoms with Gasteiger partial charge >= 0.3 is 6.36 Å². The largest absolute Gasteiger partial charge is 0.573 e. The van der Waals surface area contributed by atoms with Gasteiger partial charge < -0.3 is 10.1 Å². The Labute approximate surface area is 162 Å². The van der Waals surface area contributed by atoms with E-state index in [0.717, 1.165) is 36.6 Å². The Morgan fingerprint density at radius 3 is 2.52 bits per heavy atom. The number of nitrogens with one attached hydrogen (secondary N) is 1. The van der Waals surface area contributed by atoms with Crippen LogP contribution in [0.1, 0.15) is 16.5 Å². The second-order valence-electron chi connectivity index (χ2n) is 5.47. The average molecular weight is 458 g/mol. The van der Waals surface area contributed by atoms with Gasteiger partial charge in [0.1, 0.15) is 5.75 Å². The molecule has 2 aromatic rings. The summed E-state index contributed by atoms with van der Waals surface area (Å²) in [5, 5.41) is 5.28. The van der Waals surface area contributed by atoms with Crippen molar-refractivity contribution in [3.63, 3.8) is 0 Å². The van der Waals surface area contributed by atoms with Gasteiger partial charge in [0.25, 0.3) is 0 Å². The number of rotatable bonds is 4. The summed E-state index contributed by atoms with van der Waals surface area (Å²) < 4.78 is 42.4. The first-order valence-corrected chi connectivity index (χ1v) is 9.14. The fourth-order valence-corrected chi connectivity index (χ4v) is 4.25. The lowest BCUT2D eigenvalue weighted by Crippen LogP contribution is -2.45. The van der Waals surface area contributed by atoms with Crippen LogP contribution in [0, 0.1) is 0 Å². The minimum Gasteiger partial charge on any atom is -0.406 e. The molecule has 0 radical (unpaired) electrons. The molecule has 0 saturated carbocycles. The first-order valence-electron chi connectivity index (χ1n) is 7.47. The second kappa shape index (κ2) is 8.73. The van der Waals surface area contributed by atoms with E-state index in [1.165, 1.54) is 12.1 Å². The molecule has 3 nitrogen and oxygen atoms in total. The third kappa shape index (κ3) is 5.59. The number of ether oxygens (including phenoxy) is 1. The van der Waals surface area contributed by atoms with Crippen molar-refractivity contribution in [3.05, 3.63) is 50.6 Å². The summed E-state index contributed by atoms with van der Waals surface area (Å²) >= 11 is 4.91. The van der Waals surface area contributed by atoms with Crippen molar-refractivity contribution in [1.82, 2.24) is 10.2 Å². The van der Waals surface area contributed by atoms with Crippen LogP contribution in [0.5, 0.6) is 5.75 Å². The zero-order valence-corrected chi connectivity index (χ0v) is 16.3. The van der Waals surface area contributed by atoms with Gasteiger partial charge in [-0.25, -0.2) is 0 Å². The highest BCUT2D eigenvalue weighted by molar-refractivity contribution is 9.10. The predicted molar refractivity (Wildman–Crippen MR) is 98.7 cm³/mol. The van der Waals surface area contributed by atoms with Crippen molar-refractivity contribution in [3.8, 4) is 5.75 Å². The number of alkyl halides is 3. The van der Waals surface area contributed by atoms with Gasteiger partial charge in [0.05, 0.1) is 6.04 Å². The molecule has 9 heteroatoms. The number of benzene rings is 1. The van der Waals surface area contributed by atoms with E-state index < -0.39 is 6.36 Å². The van der Waals surface area contributed by atoms with E-state index in [1.54, 1.807) is 11.3 Å². The highest BCUT2D eigenvalue weighted by Crippen LogP contribution is 2.36. The molecule has 1 aromatic carbocycles. The summed E-state index contributed by atoms with van der Waals surface area (Å²) in [5.74, 6) is -0.205. The fraction of sp³-hybridized carbons (Fsp3) is 0.375. The summed E-state index contributed by atoms with van der Waals surface area (Å²) in [5.41, 5.74) is 0.785. The quantitative estimate of drug-likeness (QED) is 0.712. The number of hydrogen-bond donors (Lipinski definition) is 1.